The molecule has 1 aliphatic heterocycles. The second-order valence-electron chi connectivity index (χ2n) is 7.90. The molecule has 2 aromatic carbocycles. The summed E-state index contributed by atoms with van der Waals surface area (Å²) >= 11 is 0. The molecule has 2 aromatic rings. The number of amides is 1. The quantitative estimate of drug-likeness (QED) is 0.725. The van der Waals surface area contributed by atoms with Crippen LogP contribution in [-0.2, 0) is 19.0 Å². The van der Waals surface area contributed by atoms with Crippen LogP contribution in [0, 0.1) is 0 Å². The molecule has 31 heavy (non-hydrogen) atoms. The Labute approximate surface area is 181 Å². The van der Waals surface area contributed by atoms with Crippen molar-refractivity contribution in [2.24, 2.45) is 0 Å². The molecular formula is C24H27NO6. The van der Waals surface area contributed by atoms with Gasteiger partial charge in [-0.05, 0) is 41.5 Å². The number of ether oxygens (including phenoxy) is 3. The van der Waals surface area contributed by atoms with Crippen molar-refractivity contribution >= 4 is 12.1 Å². The predicted molar refractivity (Wildman–Crippen MR) is 114 cm³/mol. The van der Waals surface area contributed by atoms with Crippen LogP contribution in [0.15, 0.2) is 48.5 Å². The number of hydrogen-bond donors (Lipinski definition) is 1. The molecule has 1 saturated heterocycles. The van der Waals surface area contributed by atoms with Crippen LogP contribution in [-0.4, -0.2) is 61.3 Å². The Kier molecular flexibility index (Phi) is 6.53. The molecule has 7 nitrogen and oxygen atoms in total. The number of benzene rings is 2. The molecule has 1 amide bonds. The number of nitrogens with zero attached hydrogens (tertiary/aromatic N) is 1. The van der Waals surface area contributed by atoms with Crippen LogP contribution in [0.1, 0.15) is 36.3 Å². The number of carbonyl (C=O) groups is 2. The van der Waals surface area contributed by atoms with E-state index >= 15 is 0 Å². The molecule has 4 rings (SSSR count). The van der Waals surface area contributed by atoms with Crippen molar-refractivity contribution in [1.29, 1.82) is 0 Å². The molecule has 0 aromatic heterocycles. The monoisotopic (exact) mass is 425 g/mol. The number of fused-ring (bicyclic) bond motifs is 3. The molecule has 1 fully saturated rings. The van der Waals surface area contributed by atoms with Crippen LogP contribution in [0.5, 0.6) is 0 Å². The van der Waals surface area contributed by atoms with Gasteiger partial charge in [0.15, 0.2) is 12.3 Å². The Morgan fingerprint density at radius 1 is 1.10 bits per heavy atom. The lowest BCUT2D eigenvalue weighted by Gasteiger charge is -2.28. The van der Waals surface area contributed by atoms with E-state index in [9.17, 15) is 14.7 Å². The molecule has 0 bridgehead atoms. The first-order valence-corrected chi connectivity index (χ1v) is 10.6. The fraction of sp³-hybridized carbons (Fsp3) is 0.417. The first-order chi connectivity index (χ1) is 15.1. The maximum absolute atomic E-state index is 12.7. The summed E-state index contributed by atoms with van der Waals surface area (Å²) in [7, 11) is 1.42. The highest BCUT2D eigenvalue weighted by Gasteiger charge is 2.32. The van der Waals surface area contributed by atoms with Crippen LogP contribution >= 0.6 is 0 Å². The molecule has 1 heterocycles. The first kappa shape index (κ1) is 21.3. The summed E-state index contributed by atoms with van der Waals surface area (Å²) in [6, 6.07) is 15.0. The zero-order chi connectivity index (χ0) is 21.8. The van der Waals surface area contributed by atoms with Gasteiger partial charge in [-0.1, -0.05) is 48.5 Å². The van der Waals surface area contributed by atoms with Crippen molar-refractivity contribution in [3.8, 4) is 11.1 Å². The Hall–Kier alpha value is -2.90. The van der Waals surface area contributed by atoms with Gasteiger partial charge in [0.1, 0.15) is 6.61 Å². The number of aliphatic carboxylic acids is 1. The first-order valence-electron chi connectivity index (χ1n) is 10.6. The van der Waals surface area contributed by atoms with Gasteiger partial charge in [0, 0.05) is 19.6 Å². The summed E-state index contributed by atoms with van der Waals surface area (Å²) in [6.07, 6.45) is 1.56. The van der Waals surface area contributed by atoms with Crippen molar-refractivity contribution in [2.75, 3.05) is 26.9 Å². The van der Waals surface area contributed by atoms with Gasteiger partial charge in [-0.2, -0.15) is 0 Å². The largest absolute Gasteiger partial charge is 0.480 e. The van der Waals surface area contributed by atoms with Crippen LogP contribution in [0.4, 0.5) is 4.79 Å². The minimum absolute atomic E-state index is 0.0834. The summed E-state index contributed by atoms with van der Waals surface area (Å²) in [5.74, 6) is -1.23. The van der Waals surface area contributed by atoms with Crippen molar-refractivity contribution < 1.29 is 28.9 Å². The number of rotatable bonds is 7. The van der Waals surface area contributed by atoms with Gasteiger partial charge in [0.2, 0.25) is 0 Å². The van der Waals surface area contributed by atoms with Crippen LogP contribution in [0.3, 0.4) is 0 Å². The van der Waals surface area contributed by atoms with E-state index in [4.69, 9.17) is 14.2 Å². The van der Waals surface area contributed by atoms with E-state index < -0.39 is 24.4 Å². The molecule has 2 atom stereocenters. The smallest absolute Gasteiger partial charge is 0.410 e. The fourth-order valence-corrected chi connectivity index (χ4v) is 4.21. The van der Waals surface area contributed by atoms with Gasteiger partial charge in [-0.3, -0.25) is 4.90 Å². The molecule has 1 aliphatic carbocycles. The third-order valence-corrected chi connectivity index (χ3v) is 5.95. The van der Waals surface area contributed by atoms with E-state index in [1.807, 2.05) is 36.4 Å². The highest BCUT2D eigenvalue weighted by atomic mass is 16.7. The van der Waals surface area contributed by atoms with E-state index in [0.29, 0.717) is 6.61 Å². The van der Waals surface area contributed by atoms with Crippen molar-refractivity contribution in [3.05, 3.63) is 59.7 Å². The zero-order valence-electron chi connectivity index (χ0n) is 17.5. The van der Waals surface area contributed by atoms with Crippen molar-refractivity contribution in [2.45, 2.75) is 37.5 Å². The van der Waals surface area contributed by atoms with E-state index in [2.05, 4.69) is 12.1 Å². The van der Waals surface area contributed by atoms with Crippen molar-refractivity contribution in [3.63, 3.8) is 0 Å². The molecule has 7 heteroatoms. The number of carboxylic acids is 1. The summed E-state index contributed by atoms with van der Waals surface area (Å²) in [5.41, 5.74) is 4.48. The Morgan fingerprint density at radius 3 is 2.32 bits per heavy atom. The van der Waals surface area contributed by atoms with Gasteiger partial charge in [-0.25, -0.2) is 9.59 Å². The topological polar surface area (TPSA) is 85.3 Å². The summed E-state index contributed by atoms with van der Waals surface area (Å²) in [5, 5.41) is 9.59. The normalized spacial score (nSPS) is 18.7. The highest BCUT2D eigenvalue weighted by molar-refractivity contribution is 5.81. The number of carbonyl (C=O) groups excluding carboxylic acids is 1. The lowest BCUT2D eigenvalue weighted by molar-refractivity contribution is -0.176. The Balaban J connectivity index is 1.39. The number of carboxylic acid groups (broad SMARTS) is 1. The van der Waals surface area contributed by atoms with Crippen LogP contribution < -0.4 is 0 Å². The minimum atomic E-state index is -1.15. The molecule has 0 radical (unpaired) electrons. The highest BCUT2D eigenvalue weighted by Crippen LogP contribution is 2.44. The predicted octanol–water partition coefficient (Wildman–Crippen LogP) is 3.86. The van der Waals surface area contributed by atoms with E-state index in [1.165, 1.54) is 7.05 Å². The van der Waals surface area contributed by atoms with Gasteiger partial charge < -0.3 is 19.3 Å². The Bertz CT molecular complexity index is 894. The van der Waals surface area contributed by atoms with Crippen LogP contribution in [0.2, 0.25) is 0 Å². The lowest BCUT2D eigenvalue weighted by Crippen LogP contribution is -2.46. The maximum atomic E-state index is 12.7. The zero-order valence-corrected chi connectivity index (χ0v) is 17.5. The molecule has 0 spiro atoms. The lowest BCUT2D eigenvalue weighted by atomic mass is 9.98. The second-order valence-corrected chi connectivity index (χ2v) is 7.90. The molecule has 0 saturated carbocycles. The average molecular weight is 425 g/mol. The van der Waals surface area contributed by atoms with Gasteiger partial charge >= 0.3 is 12.1 Å². The average Bonchev–Trinajstić information content (AvgIpc) is 3.11. The summed E-state index contributed by atoms with van der Waals surface area (Å²) < 4.78 is 16.6. The van der Waals surface area contributed by atoms with E-state index in [0.717, 1.165) is 46.4 Å². The minimum Gasteiger partial charge on any atom is -0.480 e. The third-order valence-electron chi connectivity index (χ3n) is 5.95. The summed E-state index contributed by atoms with van der Waals surface area (Å²) in [4.78, 5) is 25.5. The van der Waals surface area contributed by atoms with Gasteiger partial charge in [0.05, 0.1) is 6.61 Å². The number of likely N-dealkylation sites (N-methyl/N-ethyl adjacent to an activating group) is 1. The van der Waals surface area contributed by atoms with E-state index in [-0.39, 0.29) is 19.1 Å². The van der Waals surface area contributed by atoms with Crippen molar-refractivity contribution in [1.82, 2.24) is 4.90 Å². The maximum Gasteiger partial charge on any atom is 0.410 e. The molecule has 2 unspecified atom stereocenters. The molecule has 164 valence electrons. The van der Waals surface area contributed by atoms with E-state index in [1.54, 1.807) is 0 Å². The van der Waals surface area contributed by atoms with Gasteiger partial charge in [0.25, 0.3) is 0 Å². The van der Waals surface area contributed by atoms with Gasteiger partial charge in [-0.15, -0.1) is 0 Å². The molecule has 1 N–H and O–H groups in total. The third kappa shape index (κ3) is 4.57. The molecular weight excluding hydrogens is 398 g/mol. The molecule has 2 aliphatic rings. The number of hydrogen-bond acceptors (Lipinski definition) is 5. The standard InChI is InChI=1S/C24H27NO6/c1-25(21(23(26)27)15-30-22-12-6-7-13-29-22)24(28)31-14-20-18-10-4-2-8-16(18)17-9-3-5-11-19(17)20/h2-5,8-11,20-22H,6-7,12-15H2,1H3,(H,26,27). The SMILES string of the molecule is CN(C(=O)OCC1c2ccccc2-c2ccccc21)C(COC1CCCCO1)C(=O)O. The van der Waals surface area contributed by atoms with Crippen LogP contribution in [0.25, 0.3) is 11.1 Å². The fourth-order valence-electron chi connectivity index (χ4n) is 4.21. The summed E-state index contributed by atoms with van der Waals surface area (Å²) in [6.45, 7) is 0.585. The second kappa shape index (κ2) is 9.49. The Morgan fingerprint density at radius 2 is 1.74 bits per heavy atom.